The molecule has 0 bridgehead atoms. The number of H-pyrrole nitrogens is 1. The van der Waals surface area contributed by atoms with Crippen LogP contribution in [0.1, 0.15) is 17.1 Å². The van der Waals surface area contributed by atoms with Crippen LogP contribution in [0.25, 0.3) is 22.3 Å². The molecule has 3 aromatic rings. The summed E-state index contributed by atoms with van der Waals surface area (Å²) in [5, 5.41) is 7.81. The van der Waals surface area contributed by atoms with E-state index >= 15 is 0 Å². The quantitative estimate of drug-likeness (QED) is 0.653. The molecule has 8 nitrogen and oxygen atoms in total. The Bertz CT molecular complexity index is 882. The van der Waals surface area contributed by atoms with Crippen molar-refractivity contribution in [1.82, 2.24) is 25.3 Å². The maximum Gasteiger partial charge on any atom is 0.316 e. The van der Waals surface area contributed by atoms with Crippen LogP contribution >= 0.6 is 0 Å². The summed E-state index contributed by atoms with van der Waals surface area (Å²) >= 11 is 0. The number of rotatable bonds is 6. The van der Waals surface area contributed by atoms with Crippen LogP contribution in [0.3, 0.4) is 0 Å². The lowest BCUT2D eigenvalue weighted by molar-refractivity contribution is 0.0374. The molecular formula is C18H21N5O3. The lowest BCUT2D eigenvalue weighted by atomic mass is 10.1. The fourth-order valence-electron chi connectivity index (χ4n) is 3.03. The number of hydrogen-bond donors (Lipinski definition) is 2. The van der Waals surface area contributed by atoms with E-state index < -0.39 is 0 Å². The van der Waals surface area contributed by atoms with Gasteiger partial charge in [0.25, 0.3) is 0 Å². The fraction of sp³-hybridized carbons (Fsp3) is 0.389. The van der Waals surface area contributed by atoms with Crippen molar-refractivity contribution in [1.29, 1.82) is 0 Å². The molecule has 1 aliphatic heterocycles. The molecule has 1 fully saturated rings. The molecule has 136 valence electrons. The maximum absolute atomic E-state index is 12.2. The van der Waals surface area contributed by atoms with E-state index in [1.54, 1.807) is 0 Å². The van der Waals surface area contributed by atoms with E-state index in [4.69, 9.17) is 9.26 Å². The van der Waals surface area contributed by atoms with Crippen molar-refractivity contribution in [2.75, 3.05) is 39.4 Å². The van der Waals surface area contributed by atoms with E-state index in [2.05, 4.69) is 25.3 Å². The normalized spacial score (nSPS) is 15.4. The molecule has 0 unspecified atom stereocenters. The molecule has 1 amide bonds. The molecule has 8 heteroatoms. The van der Waals surface area contributed by atoms with Crippen LogP contribution in [0.5, 0.6) is 0 Å². The SMILES string of the molecule is O=C(NCCCN1CCOCC1)c1nc(-c2ccc3[nH]ccc3c2)no1. The van der Waals surface area contributed by atoms with Gasteiger partial charge in [-0.1, -0.05) is 5.16 Å². The van der Waals surface area contributed by atoms with Crippen molar-refractivity contribution in [3.05, 3.63) is 36.4 Å². The highest BCUT2D eigenvalue weighted by molar-refractivity contribution is 5.90. The number of fused-ring (bicyclic) bond motifs is 1. The molecule has 26 heavy (non-hydrogen) atoms. The first-order valence-electron chi connectivity index (χ1n) is 8.79. The Morgan fingerprint density at radius 1 is 1.27 bits per heavy atom. The molecular weight excluding hydrogens is 334 g/mol. The first-order chi connectivity index (χ1) is 12.8. The molecule has 0 radical (unpaired) electrons. The van der Waals surface area contributed by atoms with E-state index in [1.165, 1.54) is 0 Å². The molecule has 1 aliphatic rings. The summed E-state index contributed by atoms with van der Waals surface area (Å²) < 4.78 is 10.4. The molecule has 0 saturated carbocycles. The van der Waals surface area contributed by atoms with Gasteiger partial charge in [0.2, 0.25) is 5.82 Å². The summed E-state index contributed by atoms with van der Waals surface area (Å²) in [6, 6.07) is 7.78. The minimum atomic E-state index is -0.339. The van der Waals surface area contributed by atoms with Crippen LogP contribution in [0, 0.1) is 0 Å². The largest absolute Gasteiger partial charge is 0.379 e. The number of hydrogen-bond acceptors (Lipinski definition) is 6. The third-order valence-corrected chi connectivity index (χ3v) is 4.47. The second-order valence-corrected chi connectivity index (χ2v) is 6.27. The first kappa shape index (κ1) is 16.7. The summed E-state index contributed by atoms with van der Waals surface area (Å²) in [5.74, 6) is 0.0561. The fourth-order valence-corrected chi connectivity index (χ4v) is 3.03. The van der Waals surface area contributed by atoms with Crippen molar-refractivity contribution in [3.63, 3.8) is 0 Å². The lowest BCUT2D eigenvalue weighted by Crippen LogP contribution is -2.38. The van der Waals surface area contributed by atoms with Crippen molar-refractivity contribution in [3.8, 4) is 11.4 Å². The van der Waals surface area contributed by atoms with Gasteiger partial charge in [-0.3, -0.25) is 9.69 Å². The number of carbonyl (C=O) groups is 1. The zero-order valence-corrected chi connectivity index (χ0v) is 14.4. The Balaban J connectivity index is 1.31. The van der Waals surface area contributed by atoms with Crippen molar-refractivity contribution >= 4 is 16.8 Å². The summed E-state index contributed by atoms with van der Waals surface area (Å²) in [4.78, 5) is 21.8. The Labute approximate surface area is 150 Å². The number of benzene rings is 1. The van der Waals surface area contributed by atoms with Crippen LogP contribution in [-0.4, -0.2) is 65.3 Å². The van der Waals surface area contributed by atoms with E-state index in [9.17, 15) is 4.79 Å². The van der Waals surface area contributed by atoms with E-state index in [-0.39, 0.29) is 11.8 Å². The highest BCUT2D eigenvalue weighted by atomic mass is 16.5. The lowest BCUT2D eigenvalue weighted by Gasteiger charge is -2.26. The predicted molar refractivity (Wildman–Crippen MR) is 95.8 cm³/mol. The van der Waals surface area contributed by atoms with Crippen LogP contribution < -0.4 is 5.32 Å². The Morgan fingerprint density at radius 2 is 2.15 bits per heavy atom. The molecule has 1 aromatic carbocycles. The average molecular weight is 355 g/mol. The maximum atomic E-state index is 12.2. The Hall–Kier alpha value is -2.71. The number of amides is 1. The second-order valence-electron chi connectivity index (χ2n) is 6.27. The van der Waals surface area contributed by atoms with Gasteiger partial charge in [0.15, 0.2) is 0 Å². The first-order valence-corrected chi connectivity index (χ1v) is 8.79. The monoisotopic (exact) mass is 355 g/mol. The molecule has 0 atom stereocenters. The number of nitrogens with one attached hydrogen (secondary N) is 2. The number of nitrogens with zero attached hydrogens (tertiary/aromatic N) is 3. The molecule has 2 N–H and O–H groups in total. The number of aromatic nitrogens is 3. The van der Waals surface area contributed by atoms with Crippen molar-refractivity contribution in [2.24, 2.45) is 0 Å². The van der Waals surface area contributed by atoms with Crippen molar-refractivity contribution < 1.29 is 14.1 Å². The van der Waals surface area contributed by atoms with Crippen LogP contribution in [0.2, 0.25) is 0 Å². The second kappa shape index (κ2) is 7.67. The van der Waals surface area contributed by atoms with Gasteiger partial charge in [0.1, 0.15) is 0 Å². The zero-order valence-electron chi connectivity index (χ0n) is 14.4. The molecule has 0 spiro atoms. The Morgan fingerprint density at radius 3 is 3.04 bits per heavy atom. The molecule has 3 heterocycles. The topological polar surface area (TPSA) is 96.3 Å². The highest BCUT2D eigenvalue weighted by Crippen LogP contribution is 2.21. The standard InChI is InChI=1S/C18H21N5O3/c24-17(20-5-1-7-23-8-10-25-11-9-23)18-21-16(22-26-18)14-2-3-15-13(12-14)4-6-19-15/h2-4,6,12,19H,1,5,7-11H2,(H,20,24). The van der Waals surface area contributed by atoms with E-state index in [1.807, 2.05) is 30.5 Å². The van der Waals surface area contributed by atoms with E-state index in [0.29, 0.717) is 12.4 Å². The van der Waals surface area contributed by atoms with Gasteiger partial charge in [-0.05, 0) is 37.2 Å². The number of ether oxygens (including phenoxy) is 1. The molecule has 4 rings (SSSR count). The number of morpholine rings is 1. The summed E-state index contributed by atoms with van der Waals surface area (Å²) in [5.41, 5.74) is 1.85. The third-order valence-electron chi connectivity index (χ3n) is 4.47. The molecule has 1 saturated heterocycles. The van der Waals surface area contributed by atoms with E-state index in [0.717, 1.165) is 55.7 Å². The van der Waals surface area contributed by atoms with Gasteiger partial charge >= 0.3 is 11.8 Å². The minimum Gasteiger partial charge on any atom is -0.379 e. The zero-order chi connectivity index (χ0) is 17.8. The molecule has 0 aliphatic carbocycles. The smallest absolute Gasteiger partial charge is 0.316 e. The van der Waals surface area contributed by atoms with Gasteiger partial charge in [0, 0.05) is 42.3 Å². The van der Waals surface area contributed by atoms with Crippen LogP contribution in [0.4, 0.5) is 0 Å². The minimum absolute atomic E-state index is 0.0134. The average Bonchev–Trinajstić information content (AvgIpc) is 3.34. The van der Waals surface area contributed by atoms with Crippen molar-refractivity contribution in [2.45, 2.75) is 6.42 Å². The van der Waals surface area contributed by atoms with Gasteiger partial charge in [-0.15, -0.1) is 0 Å². The summed E-state index contributed by atoms with van der Waals surface area (Å²) in [6.45, 7) is 4.98. The highest BCUT2D eigenvalue weighted by Gasteiger charge is 2.16. The summed E-state index contributed by atoms with van der Waals surface area (Å²) in [7, 11) is 0. The number of aromatic amines is 1. The van der Waals surface area contributed by atoms with Crippen LogP contribution in [0.15, 0.2) is 35.0 Å². The van der Waals surface area contributed by atoms with Gasteiger partial charge in [0.05, 0.1) is 13.2 Å². The summed E-state index contributed by atoms with van der Waals surface area (Å²) in [6.07, 6.45) is 2.75. The van der Waals surface area contributed by atoms with Gasteiger partial charge < -0.3 is 19.6 Å². The Kier molecular flexibility index (Phi) is 4.94. The predicted octanol–water partition coefficient (Wildman–Crippen LogP) is 1.67. The van der Waals surface area contributed by atoms with Gasteiger partial charge in [-0.2, -0.15) is 4.98 Å². The molecule has 2 aromatic heterocycles. The van der Waals surface area contributed by atoms with Crippen LogP contribution in [-0.2, 0) is 4.74 Å². The number of carbonyl (C=O) groups excluding carboxylic acids is 1. The third kappa shape index (κ3) is 3.76. The van der Waals surface area contributed by atoms with Gasteiger partial charge in [-0.25, -0.2) is 0 Å².